The molecule has 170 valence electrons. The van der Waals surface area contributed by atoms with E-state index in [2.05, 4.69) is 22.0 Å². The Hall–Kier alpha value is -0.700. The lowest BCUT2D eigenvalue weighted by atomic mass is 9.71. The van der Waals surface area contributed by atoms with Gasteiger partial charge in [-0.15, -0.1) is 0 Å². The van der Waals surface area contributed by atoms with Crippen LogP contribution in [0.5, 0.6) is 0 Å². The van der Waals surface area contributed by atoms with Crippen LogP contribution in [0, 0.1) is 17.3 Å². The lowest BCUT2D eigenvalue weighted by Crippen LogP contribution is -2.61. The predicted molar refractivity (Wildman–Crippen MR) is 125 cm³/mol. The summed E-state index contributed by atoms with van der Waals surface area (Å²) in [6, 6.07) is 0. The molecule has 0 aromatic heterocycles. The summed E-state index contributed by atoms with van der Waals surface area (Å²) in [6.45, 7) is 9.30. The SMILES string of the molecule is CC(C)C(/C=C(\I)CC(F)(F)F)=C(\N)N1CCC2(CC1)CN(CC1C=CCCC1)C2. The van der Waals surface area contributed by atoms with Crippen LogP contribution in [0.4, 0.5) is 13.2 Å². The third-order valence-electron chi connectivity index (χ3n) is 6.73. The second-order valence-electron chi connectivity index (χ2n) is 9.65. The lowest BCUT2D eigenvalue weighted by Gasteiger charge is -2.55. The maximum absolute atomic E-state index is 12.7. The zero-order valence-corrected chi connectivity index (χ0v) is 20.3. The molecule has 1 unspecified atom stereocenters. The number of halogens is 4. The fourth-order valence-corrected chi connectivity index (χ4v) is 5.83. The second kappa shape index (κ2) is 9.84. The first-order valence-corrected chi connectivity index (χ1v) is 12.2. The first-order valence-electron chi connectivity index (χ1n) is 11.1. The summed E-state index contributed by atoms with van der Waals surface area (Å²) in [4.78, 5) is 4.78. The fourth-order valence-electron chi connectivity index (χ4n) is 5.07. The van der Waals surface area contributed by atoms with Crippen molar-refractivity contribution in [1.82, 2.24) is 9.80 Å². The number of hydrogen-bond donors (Lipinski definition) is 1. The van der Waals surface area contributed by atoms with Crippen molar-refractivity contribution in [3.8, 4) is 0 Å². The first kappa shape index (κ1) is 24.0. The van der Waals surface area contributed by atoms with Gasteiger partial charge < -0.3 is 15.5 Å². The van der Waals surface area contributed by atoms with Gasteiger partial charge in [0, 0.05) is 36.3 Å². The molecule has 1 aliphatic carbocycles. The van der Waals surface area contributed by atoms with Crippen LogP contribution in [0.2, 0.25) is 0 Å². The van der Waals surface area contributed by atoms with Gasteiger partial charge in [-0.25, -0.2) is 0 Å². The van der Waals surface area contributed by atoms with Crippen molar-refractivity contribution in [3.63, 3.8) is 0 Å². The van der Waals surface area contributed by atoms with E-state index >= 15 is 0 Å². The molecule has 2 heterocycles. The van der Waals surface area contributed by atoms with Crippen LogP contribution >= 0.6 is 22.6 Å². The van der Waals surface area contributed by atoms with Gasteiger partial charge in [0.15, 0.2) is 0 Å². The molecule has 3 aliphatic rings. The van der Waals surface area contributed by atoms with Crippen LogP contribution in [-0.2, 0) is 0 Å². The van der Waals surface area contributed by atoms with E-state index in [1.54, 1.807) is 28.7 Å². The average Bonchev–Trinajstić information content (AvgIpc) is 2.64. The van der Waals surface area contributed by atoms with E-state index in [1.807, 2.05) is 13.8 Å². The maximum Gasteiger partial charge on any atom is 0.393 e. The topological polar surface area (TPSA) is 32.5 Å². The number of piperidine rings is 1. The predicted octanol–water partition coefficient (Wildman–Crippen LogP) is 5.84. The average molecular weight is 537 g/mol. The molecule has 2 fully saturated rings. The number of nitrogens with zero attached hydrogens (tertiary/aromatic N) is 2. The Morgan fingerprint density at radius 1 is 1.27 bits per heavy atom. The number of rotatable bonds is 6. The number of nitrogens with two attached hydrogens (primary N) is 1. The summed E-state index contributed by atoms with van der Waals surface area (Å²) < 4.78 is 38.4. The van der Waals surface area contributed by atoms with Gasteiger partial charge in [-0.3, -0.25) is 0 Å². The maximum atomic E-state index is 12.7. The number of hydrogen-bond acceptors (Lipinski definition) is 3. The summed E-state index contributed by atoms with van der Waals surface area (Å²) in [7, 11) is 0. The van der Waals surface area contributed by atoms with Crippen molar-refractivity contribution in [2.24, 2.45) is 23.0 Å². The quantitative estimate of drug-likeness (QED) is 0.263. The minimum Gasteiger partial charge on any atom is -0.385 e. The van der Waals surface area contributed by atoms with Crippen LogP contribution in [-0.4, -0.2) is 48.7 Å². The molecule has 0 aromatic rings. The van der Waals surface area contributed by atoms with Crippen molar-refractivity contribution in [3.05, 3.63) is 33.2 Å². The summed E-state index contributed by atoms with van der Waals surface area (Å²) in [5.74, 6) is 1.45. The molecule has 0 saturated carbocycles. The normalized spacial score (nSPS) is 26.2. The van der Waals surface area contributed by atoms with E-state index in [0.29, 0.717) is 17.2 Å². The molecule has 2 N–H and O–H groups in total. The van der Waals surface area contributed by atoms with Crippen LogP contribution in [0.1, 0.15) is 52.4 Å². The Balaban J connectivity index is 1.55. The highest BCUT2D eigenvalue weighted by molar-refractivity contribution is 14.1. The van der Waals surface area contributed by atoms with Gasteiger partial charge in [0.05, 0.1) is 6.42 Å². The van der Waals surface area contributed by atoms with E-state index in [1.165, 1.54) is 38.9 Å². The monoisotopic (exact) mass is 537 g/mol. The van der Waals surface area contributed by atoms with Gasteiger partial charge >= 0.3 is 6.18 Å². The van der Waals surface area contributed by atoms with Crippen LogP contribution in [0.25, 0.3) is 0 Å². The molecule has 3 rings (SSSR count). The molecule has 0 amide bonds. The van der Waals surface area contributed by atoms with Crippen molar-refractivity contribution in [1.29, 1.82) is 0 Å². The van der Waals surface area contributed by atoms with Gasteiger partial charge in [0.25, 0.3) is 0 Å². The van der Waals surface area contributed by atoms with Gasteiger partial charge in [-0.2, -0.15) is 13.2 Å². The second-order valence-corrected chi connectivity index (χ2v) is 11.0. The Morgan fingerprint density at radius 3 is 2.47 bits per heavy atom. The van der Waals surface area contributed by atoms with Crippen molar-refractivity contribution >= 4 is 22.6 Å². The molecule has 0 aromatic carbocycles. The standard InChI is InChI=1S/C23H35F3IN3/c1-17(2)20(12-19(27)13-23(24,25)26)21(28)30-10-8-22(9-11-30)15-29(16-22)14-18-6-4-3-5-7-18/h4,6,12,17-18H,3,5,7-11,13-16,28H2,1-2H3/b19-12-,21-20+. The fraction of sp³-hybridized carbons (Fsp3) is 0.739. The van der Waals surface area contributed by atoms with E-state index in [4.69, 9.17) is 5.73 Å². The smallest absolute Gasteiger partial charge is 0.385 e. The highest BCUT2D eigenvalue weighted by Crippen LogP contribution is 2.42. The molecule has 1 atom stereocenters. The summed E-state index contributed by atoms with van der Waals surface area (Å²) >= 11 is 1.79. The highest BCUT2D eigenvalue weighted by Gasteiger charge is 2.45. The number of allylic oxidation sites excluding steroid dienone is 4. The lowest BCUT2D eigenvalue weighted by molar-refractivity contribution is -0.125. The summed E-state index contributed by atoms with van der Waals surface area (Å²) in [5.41, 5.74) is 7.69. The summed E-state index contributed by atoms with van der Waals surface area (Å²) in [5, 5.41) is 0. The Bertz CT molecular complexity index is 680. The number of likely N-dealkylation sites (tertiary alicyclic amines) is 2. The van der Waals surface area contributed by atoms with E-state index in [0.717, 1.165) is 31.5 Å². The van der Waals surface area contributed by atoms with Gasteiger partial charge in [0.2, 0.25) is 0 Å². The highest BCUT2D eigenvalue weighted by atomic mass is 127. The van der Waals surface area contributed by atoms with Gasteiger partial charge in [-0.1, -0.05) is 26.0 Å². The van der Waals surface area contributed by atoms with E-state index < -0.39 is 12.6 Å². The Morgan fingerprint density at radius 2 is 1.93 bits per heavy atom. The molecule has 3 nitrogen and oxygen atoms in total. The molecule has 1 spiro atoms. The largest absolute Gasteiger partial charge is 0.393 e. The molecule has 0 radical (unpaired) electrons. The molecule has 2 saturated heterocycles. The zero-order chi connectivity index (χ0) is 21.9. The molecule has 2 aliphatic heterocycles. The van der Waals surface area contributed by atoms with E-state index in [9.17, 15) is 13.2 Å². The van der Waals surface area contributed by atoms with Crippen molar-refractivity contribution in [2.45, 2.75) is 58.5 Å². The minimum absolute atomic E-state index is 0.0848. The molecule has 7 heteroatoms. The summed E-state index contributed by atoms with van der Waals surface area (Å²) in [6.07, 6.45) is 7.35. The van der Waals surface area contributed by atoms with E-state index in [-0.39, 0.29) is 9.50 Å². The molecule has 0 bridgehead atoms. The Labute approximate surface area is 192 Å². The van der Waals surface area contributed by atoms with Crippen LogP contribution in [0.15, 0.2) is 33.2 Å². The molecule has 30 heavy (non-hydrogen) atoms. The van der Waals surface area contributed by atoms with Crippen molar-refractivity contribution < 1.29 is 13.2 Å². The van der Waals surface area contributed by atoms with Crippen LogP contribution in [0.3, 0.4) is 0 Å². The zero-order valence-electron chi connectivity index (χ0n) is 18.1. The third kappa shape index (κ3) is 6.40. The van der Waals surface area contributed by atoms with Crippen molar-refractivity contribution in [2.75, 3.05) is 32.7 Å². The van der Waals surface area contributed by atoms with Gasteiger partial charge in [-0.05, 0) is 83.6 Å². The Kier molecular flexibility index (Phi) is 7.86. The number of alkyl halides is 3. The first-order chi connectivity index (χ1) is 14.1. The molecular formula is C23H35F3IN3. The van der Waals surface area contributed by atoms with Crippen LogP contribution < -0.4 is 5.73 Å². The molecular weight excluding hydrogens is 502 g/mol. The minimum atomic E-state index is -4.19. The van der Waals surface area contributed by atoms with Gasteiger partial charge in [0.1, 0.15) is 5.82 Å². The third-order valence-corrected chi connectivity index (χ3v) is 7.42.